The number of phenols is 1. The largest absolute Gasteiger partial charge is 0.507 e. The van der Waals surface area contributed by atoms with E-state index in [4.69, 9.17) is 4.74 Å². The molecule has 0 radical (unpaired) electrons. The standard InChI is InChI=1S/C15H12O3.Zn/c16-14-9-5-4-8-13(14)15(17)18-11-10-12-6-2-1-3-7-12;/h1-11,16H;/b11-10+;. The zero-order valence-corrected chi connectivity index (χ0v) is 13.3. The summed E-state index contributed by atoms with van der Waals surface area (Å²) in [7, 11) is 0. The third-order valence-corrected chi connectivity index (χ3v) is 2.36. The summed E-state index contributed by atoms with van der Waals surface area (Å²) in [6.07, 6.45) is 2.99. The molecule has 3 nitrogen and oxygen atoms in total. The predicted octanol–water partition coefficient (Wildman–Crippen LogP) is 3.22. The van der Waals surface area contributed by atoms with Gasteiger partial charge in [-0.15, -0.1) is 0 Å². The fraction of sp³-hybridized carbons (Fsp3) is 0. The SMILES string of the molecule is O=C(O/C=C/c1ccccc1)c1ccccc1O.[Zn]. The van der Waals surface area contributed by atoms with Gasteiger partial charge in [0, 0.05) is 19.5 Å². The average Bonchev–Trinajstić information content (AvgIpc) is 2.40. The molecule has 4 heteroatoms. The quantitative estimate of drug-likeness (QED) is 0.538. The Kier molecular flexibility index (Phi) is 5.97. The van der Waals surface area contributed by atoms with Crippen molar-refractivity contribution in [3.63, 3.8) is 0 Å². The molecule has 0 aliphatic rings. The van der Waals surface area contributed by atoms with E-state index in [0.29, 0.717) is 0 Å². The molecular weight excluding hydrogens is 294 g/mol. The van der Waals surface area contributed by atoms with Crippen LogP contribution in [0.25, 0.3) is 6.08 Å². The Balaban J connectivity index is 0.00000180. The van der Waals surface area contributed by atoms with Crippen molar-refractivity contribution in [2.75, 3.05) is 0 Å². The molecule has 2 aromatic rings. The minimum absolute atomic E-state index is 0. The number of carbonyl (C=O) groups excluding carboxylic acids is 1. The molecule has 2 rings (SSSR count). The van der Waals surface area contributed by atoms with Crippen molar-refractivity contribution in [3.8, 4) is 5.75 Å². The first kappa shape index (κ1) is 15.1. The number of aromatic hydroxyl groups is 1. The van der Waals surface area contributed by atoms with Crippen LogP contribution in [0.15, 0.2) is 60.9 Å². The van der Waals surface area contributed by atoms with E-state index in [2.05, 4.69) is 0 Å². The van der Waals surface area contributed by atoms with Crippen molar-refractivity contribution in [2.45, 2.75) is 0 Å². The minimum Gasteiger partial charge on any atom is -0.507 e. The molecule has 0 saturated carbocycles. The van der Waals surface area contributed by atoms with E-state index in [1.165, 1.54) is 18.4 Å². The third-order valence-electron chi connectivity index (χ3n) is 2.36. The van der Waals surface area contributed by atoms with Gasteiger partial charge in [-0.25, -0.2) is 4.79 Å². The van der Waals surface area contributed by atoms with Crippen LogP contribution in [0.4, 0.5) is 0 Å². The Morgan fingerprint density at radius 1 is 1.00 bits per heavy atom. The first-order valence-corrected chi connectivity index (χ1v) is 5.48. The molecule has 19 heavy (non-hydrogen) atoms. The summed E-state index contributed by atoms with van der Waals surface area (Å²) in [5, 5.41) is 9.47. The van der Waals surface area contributed by atoms with Gasteiger partial charge in [0.25, 0.3) is 0 Å². The van der Waals surface area contributed by atoms with Gasteiger partial charge >= 0.3 is 5.97 Å². The van der Waals surface area contributed by atoms with Gasteiger partial charge in [0.15, 0.2) is 0 Å². The van der Waals surface area contributed by atoms with Crippen molar-refractivity contribution in [1.29, 1.82) is 0 Å². The van der Waals surface area contributed by atoms with Crippen molar-refractivity contribution in [2.24, 2.45) is 0 Å². The molecule has 0 heterocycles. The summed E-state index contributed by atoms with van der Waals surface area (Å²) in [4.78, 5) is 11.6. The summed E-state index contributed by atoms with van der Waals surface area (Å²) in [5.41, 5.74) is 1.08. The summed E-state index contributed by atoms with van der Waals surface area (Å²) in [6, 6.07) is 15.7. The van der Waals surface area contributed by atoms with Gasteiger partial charge in [-0.3, -0.25) is 0 Å². The molecule has 1 N–H and O–H groups in total. The molecule has 0 amide bonds. The van der Waals surface area contributed by atoms with E-state index < -0.39 is 5.97 Å². The second-order valence-corrected chi connectivity index (χ2v) is 3.64. The molecule has 0 aliphatic heterocycles. The van der Waals surface area contributed by atoms with E-state index in [1.54, 1.807) is 18.2 Å². The first-order valence-electron chi connectivity index (χ1n) is 5.48. The predicted molar refractivity (Wildman–Crippen MR) is 69.0 cm³/mol. The molecule has 92 valence electrons. The zero-order valence-electron chi connectivity index (χ0n) is 10.3. The van der Waals surface area contributed by atoms with Crippen LogP contribution in [0.3, 0.4) is 0 Å². The molecule has 2 aromatic carbocycles. The van der Waals surface area contributed by atoms with Gasteiger partial charge in [-0.1, -0.05) is 42.5 Å². The third kappa shape index (κ3) is 4.34. The molecule has 0 atom stereocenters. The molecule has 0 fully saturated rings. The van der Waals surface area contributed by atoms with Crippen LogP contribution in [0.2, 0.25) is 0 Å². The molecule has 0 aromatic heterocycles. The summed E-state index contributed by atoms with van der Waals surface area (Å²) >= 11 is 0. The number of carbonyl (C=O) groups is 1. The van der Waals surface area contributed by atoms with Gasteiger partial charge in [-0.05, 0) is 23.8 Å². The summed E-state index contributed by atoms with van der Waals surface area (Å²) in [5.74, 6) is -0.670. The average molecular weight is 306 g/mol. The molecule has 0 bridgehead atoms. The number of ether oxygens (including phenoxy) is 1. The smallest absolute Gasteiger partial charge is 0.346 e. The van der Waals surface area contributed by atoms with Crippen LogP contribution < -0.4 is 0 Å². The molecule has 0 saturated heterocycles. The topological polar surface area (TPSA) is 46.5 Å². The van der Waals surface area contributed by atoms with Crippen LogP contribution >= 0.6 is 0 Å². The number of hydrogen-bond donors (Lipinski definition) is 1. The fourth-order valence-electron chi connectivity index (χ4n) is 1.45. The van der Waals surface area contributed by atoms with Crippen LogP contribution in [-0.4, -0.2) is 11.1 Å². The Morgan fingerprint density at radius 3 is 2.32 bits per heavy atom. The van der Waals surface area contributed by atoms with E-state index >= 15 is 0 Å². The normalized spacial score (nSPS) is 9.89. The van der Waals surface area contributed by atoms with Gasteiger partial charge < -0.3 is 9.84 Å². The van der Waals surface area contributed by atoms with Crippen molar-refractivity contribution >= 4 is 12.0 Å². The summed E-state index contributed by atoms with van der Waals surface area (Å²) < 4.78 is 4.93. The second kappa shape index (κ2) is 7.50. The van der Waals surface area contributed by atoms with E-state index in [0.717, 1.165) is 5.56 Å². The Bertz CT molecular complexity index is 565. The monoisotopic (exact) mass is 304 g/mol. The van der Waals surface area contributed by atoms with Gasteiger partial charge in [0.2, 0.25) is 0 Å². The van der Waals surface area contributed by atoms with Crippen molar-refractivity contribution < 1.29 is 34.1 Å². The van der Waals surface area contributed by atoms with E-state index in [1.807, 2.05) is 30.3 Å². The number of benzene rings is 2. The maximum absolute atomic E-state index is 11.6. The Morgan fingerprint density at radius 2 is 1.63 bits per heavy atom. The van der Waals surface area contributed by atoms with Crippen LogP contribution in [0.5, 0.6) is 5.75 Å². The van der Waals surface area contributed by atoms with Gasteiger partial charge in [0.05, 0.1) is 6.26 Å². The number of esters is 1. The Hall–Kier alpha value is -1.93. The second-order valence-electron chi connectivity index (χ2n) is 3.64. The maximum atomic E-state index is 11.6. The molecule has 0 aliphatic carbocycles. The number of para-hydroxylation sites is 1. The van der Waals surface area contributed by atoms with Gasteiger partial charge in [0.1, 0.15) is 11.3 Å². The van der Waals surface area contributed by atoms with E-state index in [9.17, 15) is 9.90 Å². The fourth-order valence-corrected chi connectivity index (χ4v) is 1.45. The zero-order chi connectivity index (χ0) is 12.8. The molecule has 0 unspecified atom stereocenters. The Labute approximate surface area is 124 Å². The number of hydrogen-bond acceptors (Lipinski definition) is 3. The maximum Gasteiger partial charge on any atom is 0.346 e. The van der Waals surface area contributed by atoms with Crippen LogP contribution in [-0.2, 0) is 24.2 Å². The number of rotatable bonds is 3. The molecule has 0 spiro atoms. The number of phenolic OH excluding ortho intramolecular Hbond substituents is 1. The molecular formula is C15H12O3Zn. The van der Waals surface area contributed by atoms with Gasteiger partial charge in [-0.2, -0.15) is 0 Å². The van der Waals surface area contributed by atoms with Crippen LogP contribution in [0, 0.1) is 0 Å². The summed E-state index contributed by atoms with van der Waals surface area (Å²) in [6.45, 7) is 0. The minimum atomic E-state index is -0.583. The van der Waals surface area contributed by atoms with Crippen molar-refractivity contribution in [3.05, 3.63) is 72.0 Å². The van der Waals surface area contributed by atoms with Crippen molar-refractivity contribution in [1.82, 2.24) is 0 Å². The first-order chi connectivity index (χ1) is 8.77. The van der Waals surface area contributed by atoms with E-state index in [-0.39, 0.29) is 30.8 Å². The van der Waals surface area contributed by atoms with Crippen LogP contribution in [0.1, 0.15) is 15.9 Å².